The first-order valence-electron chi connectivity index (χ1n) is 6.67. The second-order valence-electron chi connectivity index (χ2n) is 4.77. The van der Waals surface area contributed by atoms with E-state index in [0.29, 0.717) is 31.7 Å². The van der Waals surface area contributed by atoms with E-state index in [0.717, 1.165) is 4.90 Å². The number of nitrogens with two attached hydrogens (primary N) is 1. The second kappa shape index (κ2) is 7.31. The SMILES string of the molecule is NNC(=O)C1CCN(C(=O)CSc2ccccc2)CC1. The quantitative estimate of drug-likeness (QED) is 0.376. The van der Waals surface area contributed by atoms with Gasteiger partial charge in [0.25, 0.3) is 0 Å². The molecule has 3 N–H and O–H groups in total. The number of carbonyl (C=O) groups is 2. The van der Waals surface area contributed by atoms with Crippen molar-refractivity contribution in [3.8, 4) is 0 Å². The molecule has 0 radical (unpaired) electrons. The number of nitrogens with zero attached hydrogens (tertiary/aromatic N) is 1. The molecule has 1 aliphatic rings. The lowest BCUT2D eigenvalue weighted by Crippen LogP contribution is -2.45. The highest BCUT2D eigenvalue weighted by Gasteiger charge is 2.26. The van der Waals surface area contributed by atoms with Gasteiger partial charge < -0.3 is 4.90 Å². The molecule has 6 heteroatoms. The minimum absolute atomic E-state index is 0.0640. The summed E-state index contributed by atoms with van der Waals surface area (Å²) in [6.07, 6.45) is 1.37. The molecule has 2 amide bonds. The lowest BCUT2D eigenvalue weighted by Gasteiger charge is -2.31. The first kappa shape index (κ1) is 14.9. The number of thioether (sulfide) groups is 1. The second-order valence-corrected chi connectivity index (χ2v) is 5.81. The van der Waals surface area contributed by atoms with E-state index in [2.05, 4.69) is 5.43 Å². The Morgan fingerprint density at radius 1 is 1.25 bits per heavy atom. The maximum Gasteiger partial charge on any atom is 0.237 e. The van der Waals surface area contributed by atoms with Crippen LogP contribution in [0.5, 0.6) is 0 Å². The number of likely N-dealkylation sites (tertiary alicyclic amines) is 1. The average molecular weight is 293 g/mol. The highest BCUT2D eigenvalue weighted by molar-refractivity contribution is 8.00. The summed E-state index contributed by atoms with van der Waals surface area (Å²) < 4.78 is 0. The molecule has 0 saturated carbocycles. The van der Waals surface area contributed by atoms with Crippen LogP contribution in [0.25, 0.3) is 0 Å². The summed E-state index contributed by atoms with van der Waals surface area (Å²) in [5, 5.41) is 0. The largest absolute Gasteiger partial charge is 0.342 e. The number of amides is 2. The molecule has 0 spiro atoms. The first-order chi connectivity index (χ1) is 9.70. The van der Waals surface area contributed by atoms with E-state index in [1.807, 2.05) is 35.2 Å². The molecule has 0 bridgehead atoms. The normalized spacial score (nSPS) is 15.9. The van der Waals surface area contributed by atoms with E-state index >= 15 is 0 Å². The van der Waals surface area contributed by atoms with E-state index in [1.54, 1.807) is 11.8 Å². The zero-order chi connectivity index (χ0) is 14.4. The molecule has 0 aromatic heterocycles. The van der Waals surface area contributed by atoms with Crippen LogP contribution < -0.4 is 11.3 Å². The molecule has 0 unspecified atom stereocenters. The Kier molecular flexibility index (Phi) is 5.43. The number of rotatable bonds is 4. The Morgan fingerprint density at radius 2 is 1.90 bits per heavy atom. The molecular formula is C14H19N3O2S. The van der Waals surface area contributed by atoms with Gasteiger partial charge in [-0.2, -0.15) is 0 Å². The Labute approximate surface area is 122 Å². The van der Waals surface area contributed by atoms with Gasteiger partial charge in [0.15, 0.2) is 0 Å². The van der Waals surface area contributed by atoms with Crippen LogP contribution in [-0.2, 0) is 9.59 Å². The zero-order valence-electron chi connectivity index (χ0n) is 11.2. The number of hydrogen-bond acceptors (Lipinski definition) is 4. The molecule has 1 aromatic rings. The van der Waals surface area contributed by atoms with Crippen LogP contribution in [0.2, 0.25) is 0 Å². The van der Waals surface area contributed by atoms with Gasteiger partial charge in [0.2, 0.25) is 11.8 Å². The molecule has 0 atom stereocenters. The van der Waals surface area contributed by atoms with E-state index in [1.165, 1.54) is 0 Å². The van der Waals surface area contributed by atoms with Crippen LogP contribution in [0.1, 0.15) is 12.8 Å². The highest BCUT2D eigenvalue weighted by atomic mass is 32.2. The fourth-order valence-corrected chi connectivity index (χ4v) is 3.08. The molecule has 1 aliphatic heterocycles. The molecular weight excluding hydrogens is 274 g/mol. The third-order valence-corrected chi connectivity index (χ3v) is 4.46. The van der Waals surface area contributed by atoms with Crippen molar-refractivity contribution in [1.82, 2.24) is 10.3 Å². The van der Waals surface area contributed by atoms with Gasteiger partial charge in [0.1, 0.15) is 0 Å². The lowest BCUT2D eigenvalue weighted by atomic mass is 9.96. The standard InChI is InChI=1S/C14H19N3O2S/c15-16-14(19)11-6-8-17(9-7-11)13(18)10-20-12-4-2-1-3-5-12/h1-5,11H,6-10,15H2,(H,16,19). The van der Waals surface area contributed by atoms with Crippen LogP contribution in [0.4, 0.5) is 0 Å². The fourth-order valence-electron chi connectivity index (χ4n) is 2.26. The third kappa shape index (κ3) is 3.98. The van der Waals surface area contributed by atoms with E-state index in [-0.39, 0.29) is 17.7 Å². The van der Waals surface area contributed by atoms with Gasteiger partial charge in [-0.1, -0.05) is 18.2 Å². The van der Waals surface area contributed by atoms with E-state index in [9.17, 15) is 9.59 Å². The zero-order valence-corrected chi connectivity index (χ0v) is 12.1. The summed E-state index contributed by atoms with van der Waals surface area (Å²) in [5.41, 5.74) is 2.18. The topological polar surface area (TPSA) is 75.4 Å². The van der Waals surface area contributed by atoms with Crippen molar-refractivity contribution in [3.05, 3.63) is 30.3 Å². The number of piperidine rings is 1. The highest BCUT2D eigenvalue weighted by Crippen LogP contribution is 2.21. The number of hydrazine groups is 1. The van der Waals surface area contributed by atoms with Gasteiger partial charge in [-0.15, -0.1) is 11.8 Å². The summed E-state index contributed by atoms with van der Waals surface area (Å²) in [6, 6.07) is 9.87. The van der Waals surface area contributed by atoms with Gasteiger partial charge >= 0.3 is 0 Å². The summed E-state index contributed by atoms with van der Waals surface area (Å²) >= 11 is 1.54. The molecule has 20 heavy (non-hydrogen) atoms. The van der Waals surface area contributed by atoms with E-state index in [4.69, 9.17) is 5.84 Å². The number of carbonyl (C=O) groups excluding carboxylic acids is 2. The van der Waals surface area contributed by atoms with E-state index < -0.39 is 0 Å². The van der Waals surface area contributed by atoms with Crippen molar-refractivity contribution >= 4 is 23.6 Å². The van der Waals surface area contributed by atoms with Crippen molar-refractivity contribution in [2.75, 3.05) is 18.8 Å². The van der Waals surface area contributed by atoms with Crippen LogP contribution >= 0.6 is 11.8 Å². The lowest BCUT2D eigenvalue weighted by molar-refractivity contribution is -0.133. The number of hydrogen-bond donors (Lipinski definition) is 2. The molecule has 2 rings (SSSR count). The number of nitrogens with one attached hydrogen (secondary N) is 1. The fraction of sp³-hybridized carbons (Fsp3) is 0.429. The van der Waals surface area contributed by atoms with Crippen molar-refractivity contribution in [2.45, 2.75) is 17.7 Å². The smallest absolute Gasteiger partial charge is 0.237 e. The Balaban J connectivity index is 1.76. The average Bonchev–Trinajstić information content (AvgIpc) is 2.53. The minimum atomic E-state index is -0.129. The molecule has 5 nitrogen and oxygen atoms in total. The Bertz CT molecular complexity index is 459. The van der Waals surface area contributed by atoms with Gasteiger partial charge in [0, 0.05) is 23.9 Å². The van der Waals surface area contributed by atoms with Crippen LogP contribution in [0, 0.1) is 5.92 Å². The van der Waals surface area contributed by atoms with Crippen LogP contribution in [0.15, 0.2) is 35.2 Å². The van der Waals surface area contributed by atoms with Crippen molar-refractivity contribution in [3.63, 3.8) is 0 Å². The monoisotopic (exact) mass is 293 g/mol. The maximum atomic E-state index is 12.1. The first-order valence-corrected chi connectivity index (χ1v) is 7.65. The minimum Gasteiger partial charge on any atom is -0.342 e. The summed E-state index contributed by atoms with van der Waals surface area (Å²) in [4.78, 5) is 26.4. The number of benzene rings is 1. The summed E-state index contributed by atoms with van der Waals surface area (Å²) in [5.74, 6) is 5.51. The van der Waals surface area contributed by atoms with Gasteiger partial charge in [-0.3, -0.25) is 15.0 Å². The van der Waals surface area contributed by atoms with Crippen molar-refractivity contribution < 1.29 is 9.59 Å². The summed E-state index contributed by atoms with van der Waals surface area (Å²) in [7, 11) is 0. The van der Waals surface area contributed by atoms with Crippen LogP contribution in [0.3, 0.4) is 0 Å². The van der Waals surface area contributed by atoms with Gasteiger partial charge in [-0.25, -0.2) is 5.84 Å². The third-order valence-electron chi connectivity index (χ3n) is 3.47. The Hall–Kier alpha value is -1.53. The maximum absolute atomic E-state index is 12.1. The summed E-state index contributed by atoms with van der Waals surface area (Å²) in [6.45, 7) is 1.26. The van der Waals surface area contributed by atoms with Gasteiger partial charge in [-0.05, 0) is 25.0 Å². The van der Waals surface area contributed by atoms with Crippen LogP contribution in [-0.4, -0.2) is 35.6 Å². The predicted octanol–water partition coefficient (Wildman–Crippen LogP) is 1.01. The molecule has 1 heterocycles. The Morgan fingerprint density at radius 3 is 2.50 bits per heavy atom. The predicted molar refractivity (Wildman–Crippen MR) is 78.8 cm³/mol. The van der Waals surface area contributed by atoms with Crippen molar-refractivity contribution in [2.24, 2.45) is 11.8 Å². The van der Waals surface area contributed by atoms with Gasteiger partial charge in [0.05, 0.1) is 5.75 Å². The molecule has 1 fully saturated rings. The molecule has 108 valence electrons. The molecule has 1 aromatic carbocycles. The molecule has 1 saturated heterocycles. The van der Waals surface area contributed by atoms with Crippen molar-refractivity contribution in [1.29, 1.82) is 0 Å². The molecule has 0 aliphatic carbocycles.